The third kappa shape index (κ3) is 6.68. The van der Waals surface area contributed by atoms with Gasteiger partial charge in [0.25, 0.3) is 0 Å². The topological polar surface area (TPSA) is 49.4 Å². The lowest BCUT2D eigenvalue weighted by Crippen LogP contribution is -2.48. The summed E-state index contributed by atoms with van der Waals surface area (Å²) in [4.78, 5) is 26.7. The van der Waals surface area contributed by atoms with Gasteiger partial charge in [-0.15, -0.1) is 11.8 Å². The van der Waals surface area contributed by atoms with Gasteiger partial charge in [-0.05, 0) is 44.0 Å². The predicted octanol–water partition coefficient (Wildman–Crippen LogP) is 3.92. The van der Waals surface area contributed by atoms with E-state index in [1.165, 1.54) is 35.0 Å². The van der Waals surface area contributed by atoms with E-state index in [1.807, 2.05) is 32.0 Å². The first-order chi connectivity index (χ1) is 13.4. The molecule has 0 heterocycles. The van der Waals surface area contributed by atoms with Crippen molar-refractivity contribution in [2.45, 2.75) is 39.1 Å². The Hall–Kier alpha value is -2.34. The highest BCUT2D eigenvalue weighted by molar-refractivity contribution is 7.99. The van der Waals surface area contributed by atoms with Crippen molar-refractivity contribution >= 4 is 23.6 Å². The van der Waals surface area contributed by atoms with Crippen LogP contribution in [0.2, 0.25) is 0 Å². The summed E-state index contributed by atoms with van der Waals surface area (Å²) >= 11 is 1.52. The number of thioether (sulfide) groups is 1. The number of benzene rings is 2. The number of amides is 2. The molecule has 0 fully saturated rings. The lowest BCUT2D eigenvalue weighted by atomic mass is 10.1. The van der Waals surface area contributed by atoms with Crippen LogP contribution in [-0.2, 0) is 21.9 Å². The van der Waals surface area contributed by atoms with Gasteiger partial charge in [0.05, 0.1) is 5.75 Å². The Kier molecular flexibility index (Phi) is 8.51. The molecule has 0 aliphatic rings. The largest absolute Gasteiger partial charge is 0.355 e. The first-order valence-electron chi connectivity index (χ1n) is 9.35. The molecule has 0 saturated carbocycles. The molecule has 6 heteroatoms. The Labute approximate surface area is 170 Å². The summed E-state index contributed by atoms with van der Waals surface area (Å²) in [5.41, 5.74) is 3.14. The second kappa shape index (κ2) is 10.9. The van der Waals surface area contributed by atoms with Crippen molar-refractivity contribution in [2.24, 2.45) is 0 Å². The summed E-state index contributed by atoms with van der Waals surface area (Å²) in [6, 6.07) is 13.6. The number of likely N-dealkylation sites (N-methyl/N-ethyl adjacent to an activating group) is 1. The molecule has 4 nitrogen and oxygen atoms in total. The number of hydrogen-bond donors (Lipinski definition) is 1. The number of aryl methyl sites for hydroxylation is 1. The van der Waals surface area contributed by atoms with Crippen LogP contribution < -0.4 is 5.32 Å². The maximum atomic E-state index is 13.2. The van der Waals surface area contributed by atoms with Crippen molar-refractivity contribution in [1.82, 2.24) is 10.2 Å². The maximum absolute atomic E-state index is 13.2. The van der Waals surface area contributed by atoms with Gasteiger partial charge in [0.15, 0.2) is 0 Å². The molecule has 0 radical (unpaired) electrons. The Balaban J connectivity index is 2.04. The highest BCUT2D eigenvalue weighted by Gasteiger charge is 2.25. The van der Waals surface area contributed by atoms with Gasteiger partial charge < -0.3 is 10.2 Å². The number of halogens is 1. The summed E-state index contributed by atoms with van der Waals surface area (Å²) < 4.78 is 13.2. The fraction of sp³-hybridized carbons (Fsp3) is 0.364. The SMILES string of the molecule is CCNC(=O)[C@H](C)N(Cc1ccc(F)cc1)C(=O)CSCc1cccc(C)c1. The Morgan fingerprint density at radius 3 is 2.50 bits per heavy atom. The van der Waals surface area contributed by atoms with E-state index in [4.69, 9.17) is 0 Å². The van der Waals surface area contributed by atoms with Gasteiger partial charge in [-0.2, -0.15) is 0 Å². The number of nitrogens with one attached hydrogen (secondary N) is 1. The van der Waals surface area contributed by atoms with Crippen LogP contribution >= 0.6 is 11.8 Å². The van der Waals surface area contributed by atoms with Crippen LogP contribution in [0, 0.1) is 12.7 Å². The molecular formula is C22H27FN2O2S. The standard InChI is InChI=1S/C22H27FN2O2S/c1-4-24-22(27)17(3)25(13-18-8-10-20(23)11-9-18)21(26)15-28-14-19-7-5-6-16(2)12-19/h5-12,17H,4,13-15H2,1-3H3,(H,24,27)/t17-/m0/s1. The second-order valence-corrected chi connectivity index (χ2v) is 7.69. The van der Waals surface area contributed by atoms with E-state index in [1.54, 1.807) is 24.0 Å². The molecule has 0 unspecified atom stereocenters. The van der Waals surface area contributed by atoms with Crippen molar-refractivity contribution in [3.63, 3.8) is 0 Å². The van der Waals surface area contributed by atoms with E-state index in [0.717, 1.165) is 11.3 Å². The van der Waals surface area contributed by atoms with E-state index in [2.05, 4.69) is 11.4 Å². The van der Waals surface area contributed by atoms with Crippen molar-refractivity contribution < 1.29 is 14.0 Å². The van der Waals surface area contributed by atoms with Crippen molar-refractivity contribution in [1.29, 1.82) is 0 Å². The normalized spacial score (nSPS) is 11.7. The van der Waals surface area contributed by atoms with Gasteiger partial charge in [0.1, 0.15) is 11.9 Å². The molecule has 2 amide bonds. The summed E-state index contributed by atoms with van der Waals surface area (Å²) in [6.07, 6.45) is 0. The summed E-state index contributed by atoms with van der Waals surface area (Å²) in [5.74, 6) is 0.376. The molecule has 1 atom stereocenters. The Morgan fingerprint density at radius 2 is 1.86 bits per heavy atom. The smallest absolute Gasteiger partial charge is 0.242 e. The van der Waals surface area contributed by atoms with Crippen LogP contribution in [0.25, 0.3) is 0 Å². The van der Waals surface area contributed by atoms with Gasteiger partial charge in [-0.3, -0.25) is 9.59 Å². The van der Waals surface area contributed by atoms with E-state index < -0.39 is 6.04 Å². The molecule has 0 aliphatic carbocycles. The zero-order valence-corrected chi connectivity index (χ0v) is 17.4. The molecule has 2 aromatic carbocycles. The average molecular weight is 403 g/mol. The first-order valence-corrected chi connectivity index (χ1v) is 10.5. The Bertz CT molecular complexity index is 795. The summed E-state index contributed by atoms with van der Waals surface area (Å²) in [5, 5.41) is 2.76. The third-order valence-electron chi connectivity index (χ3n) is 4.36. The molecular weight excluding hydrogens is 375 g/mol. The van der Waals surface area contributed by atoms with Gasteiger partial charge in [0.2, 0.25) is 11.8 Å². The molecule has 28 heavy (non-hydrogen) atoms. The van der Waals surface area contributed by atoms with E-state index in [0.29, 0.717) is 6.54 Å². The lowest BCUT2D eigenvalue weighted by molar-refractivity contribution is -0.138. The van der Waals surface area contributed by atoms with Gasteiger partial charge >= 0.3 is 0 Å². The predicted molar refractivity (Wildman–Crippen MR) is 112 cm³/mol. The number of rotatable bonds is 9. The van der Waals surface area contributed by atoms with Crippen LogP contribution in [0.4, 0.5) is 4.39 Å². The third-order valence-corrected chi connectivity index (χ3v) is 5.35. The maximum Gasteiger partial charge on any atom is 0.242 e. The molecule has 0 bridgehead atoms. The molecule has 0 saturated heterocycles. The summed E-state index contributed by atoms with van der Waals surface area (Å²) in [6.45, 7) is 6.37. The van der Waals surface area contributed by atoms with Gasteiger partial charge in [-0.1, -0.05) is 42.0 Å². The van der Waals surface area contributed by atoms with Crippen LogP contribution in [0.5, 0.6) is 0 Å². The van der Waals surface area contributed by atoms with Crippen LogP contribution in [0.15, 0.2) is 48.5 Å². The molecule has 0 aliphatic heterocycles. The molecule has 150 valence electrons. The van der Waals surface area contributed by atoms with Crippen LogP contribution in [-0.4, -0.2) is 35.1 Å². The van der Waals surface area contributed by atoms with Gasteiger partial charge in [-0.25, -0.2) is 4.39 Å². The second-order valence-electron chi connectivity index (χ2n) is 6.70. The number of carbonyl (C=O) groups is 2. The molecule has 2 rings (SSSR count). The molecule has 1 N–H and O–H groups in total. The number of hydrogen-bond acceptors (Lipinski definition) is 3. The number of carbonyl (C=O) groups excluding carboxylic acids is 2. The molecule has 2 aromatic rings. The fourth-order valence-corrected chi connectivity index (χ4v) is 3.69. The highest BCUT2D eigenvalue weighted by Crippen LogP contribution is 2.17. The van der Waals surface area contributed by atoms with E-state index in [9.17, 15) is 14.0 Å². The Morgan fingerprint density at radius 1 is 1.14 bits per heavy atom. The quantitative estimate of drug-likeness (QED) is 0.692. The average Bonchev–Trinajstić information content (AvgIpc) is 2.67. The minimum Gasteiger partial charge on any atom is -0.355 e. The monoisotopic (exact) mass is 402 g/mol. The lowest BCUT2D eigenvalue weighted by Gasteiger charge is -2.28. The van der Waals surface area contributed by atoms with Crippen LogP contribution in [0.1, 0.15) is 30.5 Å². The fourth-order valence-electron chi connectivity index (χ4n) is 2.83. The minimum atomic E-state index is -0.600. The molecule has 0 spiro atoms. The zero-order chi connectivity index (χ0) is 20.5. The van der Waals surface area contributed by atoms with Gasteiger partial charge in [0, 0.05) is 18.8 Å². The first kappa shape index (κ1) is 22.0. The number of nitrogens with zero attached hydrogens (tertiary/aromatic N) is 1. The van der Waals surface area contributed by atoms with Crippen molar-refractivity contribution in [3.05, 3.63) is 71.0 Å². The molecule has 0 aromatic heterocycles. The zero-order valence-electron chi connectivity index (χ0n) is 16.6. The summed E-state index contributed by atoms with van der Waals surface area (Å²) in [7, 11) is 0. The van der Waals surface area contributed by atoms with Crippen molar-refractivity contribution in [2.75, 3.05) is 12.3 Å². The van der Waals surface area contributed by atoms with E-state index in [-0.39, 0.29) is 29.9 Å². The van der Waals surface area contributed by atoms with E-state index >= 15 is 0 Å². The van der Waals surface area contributed by atoms with Crippen molar-refractivity contribution in [3.8, 4) is 0 Å². The van der Waals surface area contributed by atoms with Crippen LogP contribution in [0.3, 0.4) is 0 Å². The minimum absolute atomic E-state index is 0.110. The highest BCUT2D eigenvalue weighted by atomic mass is 32.2.